The quantitative estimate of drug-likeness (QED) is 0.682. The first-order valence-electron chi connectivity index (χ1n) is 5.56. The fourth-order valence-electron chi connectivity index (χ4n) is 1.88. The molecule has 0 aromatic rings. The van der Waals surface area contributed by atoms with E-state index in [4.69, 9.17) is 0 Å². The Hall–Kier alpha value is -0.560. The van der Waals surface area contributed by atoms with Gasteiger partial charge in [0.25, 0.3) is 0 Å². The summed E-state index contributed by atoms with van der Waals surface area (Å²) in [5.41, 5.74) is 2.78. The van der Waals surface area contributed by atoms with Gasteiger partial charge in [-0.1, -0.05) is 23.3 Å². The third-order valence-electron chi connectivity index (χ3n) is 2.99. The van der Waals surface area contributed by atoms with Crippen molar-refractivity contribution in [2.75, 3.05) is 0 Å². The van der Waals surface area contributed by atoms with E-state index in [1.165, 1.54) is 11.1 Å². The molecule has 0 aromatic carbocycles. The fourth-order valence-corrected chi connectivity index (χ4v) is 1.88. The van der Waals surface area contributed by atoms with Crippen LogP contribution in [0.1, 0.15) is 46.5 Å². The molecule has 0 amide bonds. The molecule has 2 atom stereocenters. The zero-order chi connectivity index (χ0) is 10.6. The lowest BCUT2D eigenvalue weighted by molar-refractivity contribution is 0.104. The number of hydrogen-bond donors (Lipinski definition) is 1. The Morgan fingerprint density at radius 3 is 2.86 bits per heavy atom. The van der Waals surface area contributed by atoms with Crippen LogP contribution in [0.5, 0.6) is 0 Å². The highest BCUT2D eigenvalue weighted by atomic mass is 16.3. The molecule has 1 nitrogen and oxygen atoms in total. The Kier molecular flexibility index (Phi) is 4.40. The maximum absolute atomic E-state index is 9.94. The van der Waals surface area contributed by atoms with Crippen LogP contribution in [-0.2, 0) is 0 Å². The van der Waals surface area contributed by atoms with Crippen LogP contribution >= 0.6 is 0 Å². The van der Waals surface area contributed by atoms with Gasteiger partial charge in [0, 0.05) is 0 Å². The molecule has 0 saturated heterocycles. The molecule has 1 N–H and O–H groups in total. The molecule has 14 heavy (non-hydrogen) atoms. The Morgan fingerprint density at radius 1 is 1.64 bits per heavy atom. The highest BCUT2D eigenvalue weighted by molar-refractivity contribution is 5.04. The third-order valence-corrected chi connectivity index (χ3v) is 2.99. The Bertz CT molecular complexity index is 234. The highest BCUT2D eigenvalue weighted by Crippen LogP contribution is 2.27. The van der Waals surface area contributed by atoms with Gasteiger partial charge >= 0.3 is 0 Å². The summed E-state index contributed by atoms with van der Waals surface area (Å²) in [4.78, 5) is 0. The highest BCUT2D eigenvalue weighted by Gasteiger charge is 2.19. The van der Waals surface area contributed by atoms with Crippen molar-refractivity contribution < 1.29 is 5.11 Å². The number of rotatable bonds is 3. The summed E-state index contributed by atoms with van der Waals surface area (Å²) in [6.07, 6.45) is 8.46. The van der Waals surface area contributed by atoms with Gasteiger partial charge in [0.1, 0.15) is 0 Å². The van der Waals surface area contributed by atoms with Crippen molar-refractivity contribution >= 4 is 0 Å². The van der Waals surface area contributed by atoms with Crippen molar-refractivity contribution in [2.24, 2.45) is 5.92 Å². The predicted octanol–water partition coefficient (Wildman–Crippen LogP) is 3.45. The summed E-state index contributed by atoms with van der Waals surface area (Å²) in [7, 11) is 0. The van der Waals surface area contributed by atoms with Crippen molar-refractivity contribution in [2.45, 2.75) is 52.6 Å². The van der Waals surface area contributed by atoms with Gasteiger partial charge in [-0.2, -0.15) is 0 Å². The molecular weight excluding hydrogens is 172 g/mol. The monoisotopic (exact) mass is 194 g/mol. The topological polar surface area (TPSA) is 20.2 Å². The van der Waals surface area contributed by atoms with E-state index in [0.717, 1.165) is 25.7 Å². The summed E-state index contributed by atoms with van der Waals surface area (Å²) in [5, 5.41) is 9.94. The van der Waals surface area contributed by atoms with Crippen LogP contribution in [0.25, 0.3) is 0 Å². The van der Waals surface area contributed by atoms with Crippen LogP contribution in [0.3, 0.4) is 0 Å². The Balaban J connectivity index is 2.39. The SMILES string of the molecule is CC(C)=CC[C@H](O)C1CC=C(C)CC1. The van der Waals surface area contributed by atoms with E-state index in [9.17, 15) is 5.11 Å². The lowest BCUT2D eigenvalue weighted by atomic mass is 9.85. The first-order valence-corrected chi connectivity index (χ1v) is 5.56. The maximum Gasteiger partial charge on any atom is 0.0605 e. The minimum Gasteiger partial charge on any atom is -0.393 e. The number of aliphatic hydroxyl groups excluding tert-OH is 1. The second kappa shape index (κ2) is 5.35. The summed E-state index contributed by atoms with van der Waals surface area (Å²) in [6, 6.07) is 0. The van der Waals surface area contributed by atoms with Crippen LogP contribution in [0.15, 0.2) is 23.3 Å². The van der Waals surface area contributed by atoms with Gasteiger partial charge < -0.3 is 5.11 Å². The smallest absolute Gasteiger partial charge is 0.0605 e. The van der Waals surface area contributed by atoms with Gasteiger partial charge in [0.2, 0.25) is 0 Å². The third kappa shape index (κ3) is 3.67. The molecular formula is C13H22O. The lowest BCUT2D eigenvalue weighted by Gasteiger charge is -2.24. The van der Waals surface area contributed by atoms with Gasteiger partial charge in [0.05, 0.1) is 6.10 Å². The zero-order valence-corrected chi connectivity index (χ0v) is 9.59. The lowest BCUT2D eigenvalue weighted by Crippen LogP contribution is -2.21. The molecule has 1 heteroatoms. The Labute approximate surface area is 87.5 Å². The number of aliphatic hydroxyl groups is 1. The van der Waals surface area contributed by atoms with Crippen molar-refractivity contribution in [3.05, 3.63) is 23.3 Å². The Morgan fingerprint density at radius 2 is 2.36 bits per heavy atom. The summed E-state index contributed by atoms with van der Waals surface area (Å²) >= 11 is 0. The van der Waals surface area contributed by atoms with Crippen molar-refractivity contribution in [3.63, 3.8) is 0 Å². The van der Waals surface area contributed by atoms with Crippen LogP contribution in [0.4, 0.5) is 0 Å². The molecule has 1 aliphatic carbocycles. The van der Waals surface area contributed by atoms with Crippen LogP contribution in [-0.4, -0.2) is 11.2 Å². The van der Waals surface area contributed by atoms with Crippen molar-refractivity contribution in [1.29, 1.82) is 0 Å². The van der Waals surface area contributed by atoms with Crippen LogP contribution in [0, 0.1) is 5.92 Å². The van der Waals surface area contributed by atoms with Gasteiger partial charge in [-0.25, -0.2) is 0 Å². The molecule has 0 bridgehead atoms. The minimum absolute atomic E-state index is 0.144. The molecule has 1 rings (SSSR count). The maximum atomic E-state index is 9.94. The molecule has 0 spiro atoms. The summed E-state index contributed by atoms with van der Waals surface area (Å²) in [5.74, 6) is 0.481. The molecule has 0 saturated carbocycles. The van der Waals surface area contributed by atoms with E-state index in [0.29, 0.717) is 5.92 Å². The van der Waals surface area contributed by atoms with Crippen molar-refractivity contribution in [3.8, 4) is 0 Å². The van der Waals surface area contributed by atoms with Crippen molar-refractivity contribution in [1.82, 2.24) is 0 Å². The molecule has 0 aliphatic heterocycles. The van der Waals surface area contributed by atoms with Gasteiger partial charge in [-0.15, -0.1) is 0 Å². The number of allylic oxidation sites excluding steroid dienone is 3. The van der Waals surface area contributed by atoms with E-state index in [2.05, 4.69) is 32.9 Å². The largest absolute Gasteiger partial charge is 0.393 e. The normalized spacial score (nSPS) is 24.0. The first kappa shape index (κ1) is 11.5. The molecule has 1 unspecified atom stereocenters. The van der Waals surface area contributed by atoms with Crippen LogP contribution in [0.2, 0.25) is 0 Å². The molecule has 0 aromatic heterocycles. The molecule has 1 aliphatic rings. The van der Waals surface area contributed by atoms with Crippen LogP contribution < -0.4 is 0 Å². The molecule has 80 valence electrons. The summed E-state index contributed by atoms with van der Waals surface area (Å²) < 4.78 is 0. The standard InChI is InChI=1S/C13H22O/c1-10(2)4-9-13(14)12-7-5-11(3)6-8-12/h4-5,12-14H,6-9H2,1-3H3/t12?,13-/m0/s1. The zero-order valence-electron chi connectivity index (χ0n) is 9.59. The molecule has 0 heterocycles. The average Bonchev–Trinajstić information content (AvgIpc) is 2.15. The first-order chi connectivity index (χ1) is 6.59. The fraction of sp³-hybridized carbons (Fsp3) is 0.692. The second-order valence-electron chi connectivity index (χ2n) is 4.67. The van der Waals surface area contributed by atoms with E-state index in [1.807, 2.05) is 0 Å². The number of hydrogen-bond acceptors (Lipinski definition) is 1. The van der Waals surface area contributed by atoms with Gasteiger partial charge in [0.15, 0.2) is 0 Å². The van der Waals surface area contributed by atoms with Gasteiger partial charge in [-0.05, 0) is 52.4 Å². The van der Waals surface area contributed by atoms with E-state index in [1.54, 1.807) is 0 Å². The molecule has 0 radical (unpaired) electrons. The molecule has 0 fully saturated rings. The minimum atomic E-state index is -0.144. The van der Waals surface area contributed by atoms with Gasteiger partial charge in [-0.3, -0.25) is 0 Å². The summed E-state index contributed by atoms with van der Waals surface area (Å²) in [6.45, 7) is 6.34. The predicted molar refractivity (Wildman–Crippen MR) is 61.2 cm³/mol. The van der Waals surface area contributed by atoms with E-state index < -0.39 is 0 Å². The second-order valence-corrected chi connectivity index (χ2v) is 4.67. The van der Waals surface area contributed by atoms with E-state index in [-0.39, 0.29) is 6.10 Å². The average molecular weight is 194 g/mol. The van der Waals surface area contributed by atoms with E-state index >= 15 is 0 Å².